The molecular weight excluding hydrogens is 517 g/mol. The summed E-state index contributed by atoms with van der Waals surface area (Å²) in [6, 6.07) is 8.22. The van der Waals surface area contributed by atoms with Crippen molar-refractivity contribution in [3.63, 3.8) is 0 Å². The highest BCUT2D eigenvalue weighted by Crippen LogP contribution is 2.19. The highest BCUT2D eigenvalue weighted by Gasteiger charge is 2.18. The number of aromatic nitrogens is 2. The molecule has 1 aliphatic heterocycles. The number of hydrogen-bond donors (Lipinski definition) is 2. The van der Waals surface area contributed by atoms with Crippen molar-refractivity contribution in [2.24, 2.45) is 4.99 Å². The summed E-state index contributed by atoms with van der Waals surface area (Å²) in [5, 5.41) is 6.81. The maximum atomic E-state index is 5.41. The summed E-state index contributed by atoms with van der Waals surface area (Å²) in [4.78, 5) is 17.8. The Morgan fingerprint density at radius 2 is 1.81 bits per heavy atom. The quantitative estimate of drug-likeness (QED) is 0.214. The molecule has 0 amide bonds. The molecule has 2 N–H and O–H groups in total. The molecule has 0 atom stereocenters. The highest BCUT2D eigenvalue weighted by molar-refractivity contribution is 14.0. The van der Waals surface area contributed by atoms with Gasteiger partial charge in [-0.15, -0.1) is 24.0 Å². The Hall–Kier alpha value is -2.14. The van der Waals surface area contributed by atoms with Crippen molar-refractivity contribution in [1.82, 2.24) is 25.5 Å². The van der Waals surface area contributed by atoms with Crippen molar-refractivity contribution in [2.45, 2.75) is 19.8 Å². The smallest absolute Gasteiger partial charge is 0.225 e. The minimum absolute atomic E-state index is 0. The van der Waals surface area contributed by atoms with Crippen LogP contribution in [0.2, 0.25) is 0 Å². The van der Waals surface area contributed by atoms with Gasteiger partial charge in [0, 0.05) is 58.7 Å². The van der Waals surface area contributed by atoms with E-state index in [0.717, 1.165) is 81.9 Å². The fourth-order valence-corrected chi connectivity index (χ4v) is 3.70. The topological polar surface area (TPSA) is 77.9 Å². The minimum Gasteiger partial charge on any atom is -0.496 e. The maximum absolute atomic E-state index is 5.41. The lowest BCUT2D eigenvalue weighted by atomic mass is 10.1. The number of nitrogens with zero attached hydrogens (tertiary/aromatic N) is 5. The zero-order valence-corrected chi connectivity index (χ0v) is 21.7. The molecule has 9 heteroatoms. The Labute approximate surface area is 208 Å². The molecule has 176 valence electrons. The summed E-state index contributed by atoms with van der Waals surface area (Å²) in [5.74, 6) is 2.63. The summed E-state index contributed by atoms with van der Waals surface area (Å²) >= 11 is 0. The third-order valence-electron chi connectivity index (χ3n) is 5.55. The van der Waals surface area contributed by atoms with Crippen molar-refractivity contribution in [1.29, 1.82) is 0 Å². The van der Waals surface area contributed by atoms with Gasteiger partial charge in [0.25, 0.3) is 0 Å². The number of benzene rings is 1. The molecule has 1 aliphatic rings. The SMILES string of the molecule is CN=C(NCCCN1CCN(c2ncccn2)CC1)NCCc1ccc(C)c(OC)c1.I. The van der Waals surface area contributed by atoms with Crippen LogP contribution in [-0.2, 0) is 6.42 Å². The summed E-state index contributed by atoms with van der Waals surface area (Å²) in [6.07, 6.45) is 5.61. The molecule has 1 aromatic carbocycles. The Kier molecular flexibility index (Phi) is 11.5. The van der Waals surface area contributed by atoms with Gasteiger partial charge in [0.1, 0.15) is 5.75 Å². The van der Waals surface area contributed by atoms with E-state index < -0.39 is 0 Å². The number of rotatable bonds is 9. The molecule has 0 unspecified atom stereocenters. The van der Waals surface area contributed by atoms with Gasteiger partial charge in [0.2, 0.25) is 5.95 Å². The van der Waals surface area contributed by atoms with E-state index in [2.05, 4.69) is 60.5 Å². The number of guanidine groups is 1. The van der Waals surface area contributed by atoms with Crippen molar-refractivity contribution < 1.29 is 4.74 Å². The fourth-order valence-electron chi connectivity index (χ4n) is 3.70. The zero-order chi connectivity index (χ0) is 21.9. The average Bonchev–Trinajstić information content (AvgIpc) is 2.82. The van der Waals surface area contributed by atoms with Gasteiger partial charge < -0.3 is 20.3 Å². The van der Waals surface area contributed by atoms with Crippen LogP contribution < -0.4 is 20.3 Å². The normalized spacial score (nSPS) is 14.6. The van der Waals surface area contributed by atoms with Crippen molar-refractivity contribution in [2.75, 3.05) is 64.9 Å². The number of methoxy groups -OCH3 is 1. The number of halogens is 1. The first-order valence-corrected chi connectivity index (χ1v) is 11.0. The van der Waals surface area contributed by atoms with Gasteiger partial charge in [-0.05, 0) is 49.6 Å². The lowest BCUT2D eigenvalue weighted by Gasteiger charge is -2.34. The van der Waals surface area contributed by atoms with Crippen LogP contribution in [0.4, 0.5) is 5.95 Å². The van der Waals surface area contributed by atoms with Crippen LogP contribution in [0.5, 0.6) is 5.75 Å². The number of nitrogens with one attached hydrogen (secondary N) is 2. The summed E-state index contributed by atoms with van der Waals surface area (Å²) in [6.45, 7) is 8.92. The predicted octanol–water partition coefficient (Wildman–Crippen LogP) is 2.33. The van der Waals surface area contributed by atoms with Gasteiger partial charge in [0.15, 0.2) is 5.96 Å². The fraction of sp³-hybridized carbons (Fsp3) is 0.522. The molecule has 1 saturated heterocycles. The monoisotopic (exact) mass is 553 g/mol. The first kappa shape index (κ1) is 26.1. The molecule has 0 bridgehead atoms. The van der Waals surface area contributed by atoms with Crippen LogP contribution in [0, 0.1) is 6.92 Å². The molecule has 0 saturated carbocycles. The highest BCUT2D eigenvalue weighted by atomic mass is 127. The molecule has 32 heavy (non-hydrogen) atoms. The Balaban J connectivity index is 0.00000363. The Bertz CT molecular complexity index is 826. The van der Waals surface area contributed by atoms with E-state index in [4.69, 9.17) is 4.74 Å². The second kappa shape index (κ2) is 14.1. The van der Waals surface area contributed by atoms with Crippen LogP contribution in [0.3, 0.4) is 0 Å². The molecular formula is C23H36IN7O. The number of piperazine rings is 1. The first-order valence-electron chi connectivity index (χ1n) is 11.0. The number of ether oxygens (including phenoxy) is 1. The largest absolute Gasteiger partial charge is 0.496 e. The molecule has 0 radical (unpaired) electrons. The molecule has 1 fully saturated rings. The van der Waals surface area contributed by atoms with Crippen LogP contribution in [0.15, 0.2) is 41.7 Å². The van der Waals surface area contributed by atoms with Crippen LogP contribution >= 0.6 is 24.0 Å². The van der Waals surface area contributed by atoms with Crippen LogP contribution in [0.1, 0.15) is 17.5 Å². The number of anilines is 1. The Morgan fingerprint density at radius 3 is 2.50 bits per heavy atom. The van der Waals surface area contributed by atoms with Crippen molar-refractivity contribution in [3.05, 3.63) is 47.8 Å². The minimum atomic E-state index is 0. The number of hydrogen-bond acceptors (Lipinski definition) is 6. The standard InChI is InChI=1S/C23H35N7O.HI/c1-19-6-7-20(18-21(19)31-3)8-12-26-22(24-2)25-11-5-13-29-14-16-30(17-15-29)23-27-9-4-10-28-23;/h4,6-7,9-10,18H,5,8,11-17H2,1-3H3,(H2,24,25,26);1H. The van der Waals surface area contributed by atoms with E-state index in [1.54, 1.807) is 19.5 Å². The average molecular weight is 553 g/mol. The molecule has 3 rings (SSSR count). The number of aryl methyl sites for hydroxylation is 1. The van der Waals surface area contributed by atoms with Gasteiger partial charge in [-0.1, -0.05) is 12.1 Å². The van der Waals surface area contributed by atoms with Gasteiger partial charge in [-0.3, -0.25) is 9.89 Å². The molecule has 2 aromatic rings. The summed E-state index contributed by atoms with van der Waals surface area (Å²) < 4.78 is 5.41. The second-order valence-electron chi connectivity index (χ2n) is 7.71. The molecule has 1 aromatic heterocycles. The van der Waals surface area contributed by atoms with E-state index in [1.165, 1.54) is 5.56 Å². The summed E-state index contributed by atoms with van der Waals surface area (Å²) in [7, 11) is 3.53. The molecule has 8 nitrogen and oxygen atoms in total. The lowest BCUT2D eigenvalue weighted by molar-refractivity contribution is 0.254. The van der Waals surface area contributed by atoms with E-state index in [0.29, 0.717) is 0 Å². The summed E-state index contributed by atoms with van der Waals surface area (Å²) in [5.41, 5.74) is 2.41. The Morgan fingerprint density at radius 1 is 1.09 bits per heavy atom. The maximum Gasteiger partial charge on any atom is 0.225 e. The van der Waals surface area contributed by atoms with Gasteiger partial charge in [0.05, 0.1) is 7.11 Å². The molecule has 2 heterocycles. The zero-order valence-electron chi connectivity index (χ0n) is 19.4. The van der Waals surface area contributed by atoms with E-state index in [-0.39, 0.29) is 24.0 Å². The first-order chi connectivity index (χ1) is 15.2. The van der Waals surface area contributed by atoms with E-state index >= 15 is 0 Å². The van der Waals surface area contributed by atoms with Crippen LogP contribution in [-0.4, -0.2) is 80.8 Å². The van der Waals surface area contributed by atoms with Crippen molar-refractivity contribution >= 4 is 35.9 Å². The number of aliphatic imine (C=N–C) groups is 1. The third kappa shape index (κ3) is 8.09. The van der Waals surface area contributed by atoms with E-state index in [9.17, 15) is 0 Å². The van der Waals surface area contributed by atoms with Crippen molar-refractivity contribution in [3.8, 4) is 5.75 Å². The van der Waals surface area contributed by atoms with Gasteiger partial charge in [-0.25, -0.2) is 9.97 Å². The molecule has 0 spiro atoms. The van der Waals surface area contributed by atoms with Gasteiger partial charge in [-0.2, -0.15) is 0 Å². The molecule has 0 aliphatic carbocycles. The van der Waals surface area contributed by atoms with E-state index in [1.807, 2.05) is 13.1 Å². The van der Waals surface area contributed by atoms with Crippen LogP contribution in [0.25, 0.3) is 0 Å². The van der Waals surface area contributed by atoms with Gasteiger partial charge >= 0.3 is 0 Å². The predicted molar refractivity (Wildman–Crippen MR) is 142 cm³/mol. The lowest BCUT2D eigenvalue weighted by Crippen LogP contribution is -2.47. The second-order valence-corrected chi connectivity index (χ2v) is 7.71. The third-order valence-corrected chi connectivity index (χ3v) is 5.55.